The lowest BCUT2D eigenvalue weighted by atomic mass is 10.0. The Morgan fingerprint density at radius 1 is 1.31 bits per heavy atom. The molecule has 0 heterocycles. The van der Waals surface area contributed by atoms with Gasteiger partial charge in [-0.25, -0.2) is 0 Å². The topological polar surface area (TPSA) is 48.8 Å². The van der Waals surface area contributed by atoms with Gasteiger partial charge < -0.3 is 0 Å². The Morgan fingerprint density at radius 3 is 2.31 bits per heavy atom. The second-order valence-corrected chi connectivity index (χ2v) is 3.53. The van der Waals surface area contributed by atoms with Gasteiger partial charge in [0.25, 0.3) is 0 Å². The van der Waals surface area contributed by atoms with E-state index in [2.05, 4.69) is 10.0 Å². The minimum Gasteiger partial charge on any atom is -0.171 e. The summed E-state index contributed by atoms with van der Waals surface area (Å²) >= 11 is 5.60. The molecule has 0 aliphatic heterocycles. The maximum Gasteiger partial charge on any atom is 0.389 e. The van der Waals surface area contributed by atoms with E-state index in [0.717, 1.165) is 0 Å². The van der Waals surface area contributed by atoms with Crippen molar-refractivity contribution in [1.82, 2.24) is 0 Å². The molecule has 3 nitrogen and oxygen atoms in total. The lowest BCUT2D eigenvalue weighted by Crippen LogP contribution is -2.12. The third-order valence-corrected chi connectivity index (χ3v) is 2.12. The van der Waals surface area contributed by atoms with Gasteiger partial charge in [-0.15, -0.1) is 0 Å². The number of rotatable bonds is 3. The van der Waals surface area contributed by atoms with E-state index in [1.165, 1.54) is 24.3 Å². The SMILES string of the molecule is [N-]=[N+]=NC(CC(F)(F)F)c1ccc(Cl)cc1. The molecule has 0 radical (unpaired) electrons. The molecule has 0 saturated carbocycles. The Balaban J connectivity index is 2.94. The minimum atomic E-state index is -4.38. The van der Waals surface area contributed by atoms with Crippen LogP contribution in [0.2, 0.25) is 5.02 Å². The highest BCUT2D eigenvalue weighted by atomic mass is 35.5. The van der Waals surface area contributed by atoms with Crippen molar-refractivity contribution in [2.45, 2.75) is 18.6 Å². The van der Waals surface area contributed by atoms with Crippen molar-refractivity contribution in [2.75, 3.05) is 0 Å². The highest BCUT2D eigenvalue weighted by Crippen LogP contribution is 2.32. The van der Waals surface area contributed by atoms with Crippen molar-refractivity contribution in [3.05, 3.63) is 45.3 Å². The van der Waals surface area contributed by atoms with Crippen LogP contribution >= 0.6 is 11.6 Å². The van der Waals surface area contributed by atoms with Gasteiger partial charge in [-0.1, -0.05) is 28.8 Å². The zero-order chi connectivity index (χ0) is 12.2. The summed E-state index contributed by atoms with van der Waals surface area (Å²) in [6, 6.07) is 4.48. The molecule has 0 spiro atoms. The lowest BCUT2D eigenvalue weighted by molar-refractivity contribution is -0.138. The second kappa shape index (κ2) is 5.09. The molecule has 86 valence electrons. The molecule has 1 atom stereocenters. The highest BCUT2D eigenvalue weighted by Gasteiger charge is 2.32. The average Bonchev–Trinajstić information content (AvgIpc) is 2.16. The lowest BCUT2D eigenvalue weighted by Gasteiger charge is -2.13. The Kier molecular flexibility index (Phi) is 4.04. The van der Waals surface area contributed by atoms with Crippen LogP contribution in [-0.4, -0.2) is 6.18 Å². The van der Waals surface area contributed by atoms with Crippen LogP contribution in [0.5, 0.6) is 0 Å². The summed E-state index contributed by atoms with van der Waals surface area (Å²) in [6.45, 7) is 0. The third kappa shape index (κ3) is 4.00. The van der Waals surface area contributed by atoms with E-state index in [1.54, 1.807) is 0 Å². The summed E-state index contributed by atoms with van der Waals surface area (Å²) in [7, 11) is 0. The van der Waals surface area contributed by atoms with E-state index in [-0.39, 0.29) is 0 Å². The number of hydrogen-bond acceptors (Lipinski definition) is 1. The third-order valence-electron chi connectivity index (χ3n) is 1.87. The largest absolute Gasteiger partial charge is 0.389 e. The molecular formula is C9H7ClF3N3. The monoisotopic (exact) mass is 249 g/mol. The van der Waals surface area contributed by atoms with Crippen molar-refractivity contribution in [2.24, 2.45) is 5.11 Å². The number of benzene rings is 1. The molecule has 1 rings (SSSR count). The van der Waals surface area contributed by atoms with Crippen LogP contribution in [-0.2, 0) is 0 Å². The molecule has 0 aliphatic rings. The Bertz CT molecular complexity index is 395. The molecule has 0 N–H and O–H groups in total. The van der Waals surface area contributed by atoms with Gasteiger partial charge in [0.2, 0.25) is 0 Å². The molecular weight excluding hydrogens is 243 g/mol. The van der Waals surface area contributed by atoms with E-state index >= 15 is 0 Å². The van der Waals surface area contributed by atoms with Crippen LogP contribution in [0.1, 0.15) is 18.0 Å². The number of hydrogen-bond donors (Lipinski definition) is 0. The van der Waals surface area contributed by atoms with Gasteiger partial charge in [-0.05, 0) is 23.2 Å². The first kappa shape index (κ1) is 12.7. The minimum absolute atomic E-state index is 0.291. The predicted molar refractivity (Wildman–Crippen MR) is 54.0 cm³/mol. The summed E-state index contributed by atoms with van der Waals surface area (Å²) in [5.74, 6) is 0. The van der Waals surface area contributed by atoms with Gasteiger partial charge in [0.1, 0.15) is 0 Å². The fourth-order valence-electron chi connectivity index (χ4n) is 1.19. The van der Waals surface area contributed by atoms with E-state index < -0.39 is 18.6 Å². The quantitative estimate of drug-likeness (QED) is 0.426. The molecule has 0 fully saturated rings. The number of nitrogens with zero attached hydrogens (tertiary/aromatic N) is 3. The first-order valence-corrected chi connectivity index (χ1v) is 4.66. The predicted octanol–water partition coefficient (Wildman–Crippen LogP) is 4.64. The highest BCUT2D eigenvalue weighted by molar-refractivity contribution is 6.30. The van der Waals surface area contributed by atoms with Crippen LogP contribution in [0.15, 0.2) is 29.4 Å². The van der Waals surface area contributed by atoms with Gasteiger partial charge in [-0.2, -0.15) is 13.2 Å². The molecule has 0 aromatic heterocycles. The molecule has 1 aromatic rings. The maximum atomic E-state index is 12.2. The molecule has 16 heavy (non-hydrogen) atoms. The Labute approximate surface area is 94.5 Å². The Morgan fingerprint density at radius 2 is 1.88 bits per heavy atom. The molecule has 0 aliphatic carbocycles. The van der Waals surface area contributed by atoms with E-state index in [1.807, 2.05) is 0 Å². The first-order valence-electron chi connectivity index (χ1n) is 4.29. The maximum absolute atomic E-state index is 12.2. The standard InChI is InChI=1S/C9H7ClF3N3/c10-7-3-1-6(2-4-7)8(15-16-14)5-9(11,12)13/h1-4,8H,5H2. The fourth-order valence-corrected chi connectivity index (χ4v) is 1.32. The van der Waals surface area contributed by atoms with Gasteiger partial charge >= 0.3 is 6.18 Å². The average molecular weight is 250 g/mol. The van der Waals surface area contributed by atoms with Crippen molar-refractivity contribution >= 4 is 11.6 Å². The van der Waals surface area contributed by atoms with Gasteiger partial charge in [-0.3, -0.25) is 0 Å². The fraction of sp³-hybridized carbons (Fsp3) is 0.333. The van der Waals surface area contributed by atoms with E-state index in [9.17, 15) is 13.2 Å². The molecule has 0 amide bonds. The molecule has 0 bridgehead atoms. The molecule has 7 heteroatoms. The van der Waals surface area contributed by atoms with Gasteiger partial charge in [0.15, 0.2) is 0 Å². The van der Waals surface area contributed by atoms with Crippen LogP contribution in [0.25, 0.3) is 10.4 Å². The summed E-state index contributed by atoms with van der Waals surface area (Å²) in [5, 5.41) is 3.54. The zero-order valence-electron chi connectivity index (χ0n) is 7.95. The van der Waals surface area contributed by atoms with Crippen LogP contribution < -0.4 is 0 Å². The summed E-state index contributed by atoms with van der Waals surface area (Å²) < 4.78 is 36.6. The van der Waals surface area contributed by atoms with Crippen LogP contribution in [0, 0.1) is 0 Å². The smallest absolute Gasteiger partial charge is 0.171 e. The van der Waals surface area contributed by atoms with Crippen molar-refractivity contribution in [1.29, 1.82) is 0 Å². The molecule has 0 saturated heterocycles. The zero-order valence-corrected chi connectivity index (χ0v) is 8.70. The number of alkyl halides is 3. The van der Waals surface area contributed by atoms with E-state index in [0.29, 0.717) is 10.6 Å². The number of halogens is 4. The second-order valence-electron chi connectivity index (χ2n) is 3.09. The molecule has 1 unspecified atom stereocenters. The van der Waals surface area contributed by atoms with Crippen LogP contribution in [0.4, 0.5) is 13.2 Å². The number of azide groups is 1. The summed E-state index contributed by atoms with van der Waals surface area (Å²) in [4.78, 5) is 2.41. The summed E-state index contributed by atoms with van der Waals surface area (Å²) in [6.07, 6.45) is -5.56. The Hall–Kier alpha value is -1.39. The van der Waals surface area contributed by atoms with Gasteiger partial charge in [0, 0.05) is 9.93 Å². The van der Waals surface area contributed by atoms with Crippen LogP contribution in [0.3, 0.4) is 0 Å². The van der Waals surface area contributed by atoms with Crippen molar-refractivity contribution in [3.63, 3.8) is 0 Å². The molecule has 1 aromatic carbocycles. The van der Waals surface area contributed by atoms with Crippen molar-refractivity contribution < 1.29 is 13.2 Å². The van der Waals surface area contributed by atoms with Gasteiger partial charge in [0.05, 0.1) is 12.5 Å². The van der Waals surface area contributed by atoms with Crippen molar-refractivity contribution in [3.8, 4) is 0 Å². The normalized spacial score (nSPS) is 13.0. The summed E-state index contributed by atoms with van der Waals surface area (Å²) in [5.41, 5.74) is 8.51. The first-order chi connectivity index (χ1) is 7.42. The van der Waals surface area contributed by atoms with E-state index in [4.69, 9.17) is 17.1 Å².